The van der Waals surface area contributed by atoms with Crippen molar-refractivity contribution in [1.82, 2.24) is 10.2 Å². The van der Waals surface area contributed by atoms with E-state index in [1.54, 1.807) is 0 Å². The van der Waals surface area contributed by atoms with E-state index in [0.29, 0.717) is 6.54 Å². The fourth-order valence-electron chi connectivity index (χ4n) is 4.11. The van der Waals surface area contributed by atoms with Crippen molar-refractivity contribution in [2.45, 2.75) is 38.8 Å². The minimum atomic E-state index is -3.91. The number of amides is 2. The van der Waals surface area contributed by atoms with E-state index in [-0.39, 0.29) is 24.6 Å². The van der Waals surface area contributed by atoms with Crippen LogP contribution in [-0.4, -0.2) is 50.5 Å². The van der Waals surface area contributed by atoms with E-state index in [4.69, 9.17) is 0 Å². The minimum absolute atomic E-state index is 0.0813. The zero-order valence-electron chi connectivity index (χ0n) is 22.0. The van der Waals surface area contributed by atoms with E-state index < -0.39 is 34.3 Å². The lowest BCUT2D eigenvalue weighted by Gasteiger charge is -2.33. The van der Waals surface area contributed by atoms with Gasteiger partial charge >= 0.3 is 0 Å². The number of rotatable bonds is 13. The van der Waals surface area contributed by atoms with Crippen LogP contribution in [-0.2, 0) is 32.6 Å². The number of carbonyl (C=O) groups is 2. The average molecular weight is 619 g/mol. The lowest BCUT2D eigenvalue weighted by atomic mass is 10.0. The summed E-state index contributed by atoms with van der Waals surface area (Å²) in [6.45, 7) is 2.01. The molecule has 2 amide bonds. The van der Waals surface area contributed by atoms with Gasteiger partial charge in [-0.1, -0.05) is 71.7 Å². The van der Waals surface area contributed by atoms with Gasteiger partial charge in [0.2, 0.25) is 21.8 Å². The van der Waals surface area contributed by atoms with Gasteiger partial charge < -0.3 is 10.2 Å². The maximum absolute atomic E-state index is 13.9. The first kappa shape index (κ1) is 30.3. The van der Waals surface area contributed by atoms with Crippen molar-refractivity contribution in [2.24, 2.45) is 0 Å². The van der Waals surface area contributed by atoms with Crippen LogP contribution in [0.15, 0.2) is 83.3 Å². The summed E-state index contributed by atoms with van der Waals surface area (Å²) >= 11 is 3.45. The molecule has 7 nitrogen and oxygen atoms in total. The molecule has 0 aliphatic heterocycles. The third-order valence-electron chi connectivity index (χ3n) is 6.14. The number of hydrogen-bond acceptors (Lipinski definition) is 4. The van der Waals surface area contributed by atoms with Crippen molar-refractivity contribution in [3.63, 3.8) is 0 Å². The SMILES string of the molecule is CCCCNC(=O)C(Cc1ccccc1)N(Cc1cccc(Br)c1)C(=O)CN(c1ccc(F)cc1)S(C)(=O)=O. The Kier molecular flexibility index (Phi) is 11.1. The molecule has 0 radical (unpaired) electrons. The van der Waals surface area contributed by atoms with Crippen molar-refractivity contribution < 1.29 is 22.4 Å². The highest BCUT2D eigenvalue weighted by Gasteiger charge is 2.33. The quantitative estimate of drug-likeness (QED) is 0.276. The summed E-state index contributed by atoms with van der Waals surface area (Å²) in [5.41, 5.74) is 1.78. The molecule has 0 heterocycles. The molecule has 0 spiro atoms. The molecule has 3 rings (SSSR count). The summed E-state index contributed by atoms with van der Waals surface area (Å²) in [7, 11) is -3.91. The first-order valence-corrected chi connectivity index (χ1v) is 15.3. The zero-order valence-corrected chi connectivity index (χ0v) is 24.4. The molecule has 0 fully saturated rings. The highest BCUT2D eigenvalue weighted by Crippen LogP contribution is 2.21. The topological polar surface area (TPSA) is 86.8 Å². The van der Waals surface area contributed by atoms with Crippen LogP contribution in [0.3, 0.4) is 0 Å². The van der Waals surface area contributed by atoms with Crippen LogP contribution in [0.4, 0.5) is 10.1 Å². The monoisotopic (exact) mass is 617 g/mol. The zero-order chi connectivity index (χ0) is 28.4. The van der Waals surface area contributed by atoms with Gasteiger partial charge in [-0.3, -0.25) is 13.9 Å². The number of unbranched alkanes of at least 4 members (excludes halogenated alkanes) is 1. The summed E-state index contributed by atoms with van der Waals surface area (Å²) in [6, 6.07) is 20.7. The van der Waals surface area contributed by atoms with Gasteiger partial charge in [-0.15, -0.1) is 0 Å². The highest BCUT2D eigenvalue weighted by atomic mass is 79.9. The lowest BCUT2D eigenvalue weighted by Crippen LogP contribution is -2.53. The van der Waals surface area contributed by atoms with E-state index in [2.05, 4.69) is 21.2 Å². The van der Waals surface area contributed by atoms with Crippen molar-refractivity contribution in [2.75, 3.05) is 23.7 Å². The first-order valence-electron chi connectivity index (χ1n) is 12.7. The fraction of sp³-hybridized carbons (Fsp3) is 0.310. The van der Waals surface area contributed by atoms with Crippen LogP contribution in [0, 0.1) is 5.82 Å². The Morgan fingerprint density at radius 1 is 0.974 bits per heavy atom. The summed E-state index contributed by atoms with van der Waals surface area (Å²) < 4.78 is 40.7. The summed E-state index contributed by atoms with van der Waals surface area (Å²) in [5.74, 6) is -1.40. The number of nitrogens with one attached hydrogen (secondary N) is 1. The van der Waals surface area contributed by atoms with Crippen LogP contribution in [0.1, 0.15) is 30.9 Å². The third-order valence-corrected chi connectivity index (χ3v) is 7.77. The number of halogens is 2. The molecule has 39 heavy (non-hydrogen) atoms. The van der Waals surface area contributed by atoms with Crippen molar-refractivity contribution in [3.05, 3.63) is 100 Å². The normalized spacial score (nSPS) is 12.0. The fourth-order valence-corrected chi connectivity index (χ4v) is 5.41. The molecule has 0 saturated heterocycles. The van der Waals surface area contributed by atoms with Gasteiger partial charge in [0.05, 0.1) is 11.9 Å². The van der Waals surface area contributed by atoms with Gasteiger partial charge in [-0.2, -0.15) is 0 Å². The number of carbonyl (C=O) groups excluding carboxylic acids is 2. The Morgan fingerprint density at radius 3 is 2.26 bits per heavy atom. The maximum atomic E-state index is 13.9. The second kappa shape index (κ2) is 14.2. The Morgan fingerprint density at radius 2 is 1.64 bits per heavy atom. The molecule has 3 aromatic carbocycles. The number of nitrogens with zero attached hydrogens (tertiary/aromatic N) is 2. The Balaban J connectivity index is 2.02. The van der Waals surface area contributed by atoms with E-state index in [0.717, 1.165) is 51.1 Å². The second-order valence-corrected chi connectivity index (χ2v) is 12.1. The molecule has 0 aliphatic rings. The van der Waals surface area contributed by atoms with Gasteiger partial charge in [-0.05, 0) is 53.9 Å². The van der Waals surface area contributed by atoms with Gasteiger partial charge in [0.25, 0.3) is 0 Å². The van der Waals surface area contributed by atoms with E-state index >= 15 is 0 Å². The summed E-state index contributed by atoms with van der Waals surface area (Å²) in [6.07, 6.45) is 2.91. The highest BCUT2D eigenvalue weighted by molar-refractivity contribution is 9.10. The van der Waals surface area contributed by atoms with Crippen LogP contribution in [0.5, 0.6) is 0 Å². The lowest BCUT2D eigenvalue weighted by molar-refractivity contribution is -0.140. The average Bonchev–Trinajstić information content (AvgIpc) is 2.90. The van der Waals surface area contributed by atoms with Crippen molar-refractivity contribution in [1.29, 1.82) is 0 Å². The standard InChI is InChI=1S/C29H33BrFN3O4S/c1-3-4-17-32-29(36)27(19-22-9-6-5-7-10-22)33(20-23-11-8-12-24(30)18-23)28(35)21-34(39(2,37)38)26-15-13-25(31)14-16-26/h5-16,18,27H,3-4,17,19-21H2,1-2H3,(H,32,36). The number of hydrogen-bond donors (Lipinski definition) is 1. The molecule has 0 bridgehead atoms. The van der Waals surface area contributed by atoms with Gasteiger partial charge in [-0.25, -0.2) is 12.8 Å². The molecule has 0 saturated carbocycles. The number of benzene rings is 3. The Bertz CT molecular complexity index is 1350. The smallest absolute Gasteiger partial charge is 0.244 e. The van der Waals surface area contributed by atoms with E-state index in [9.17, 15) is 22.4 Å². The Labute approximate surface area is 238 Å². The predicted octanol–water partition coefficient (Wildman–Crippen LogP) is 4.91. The van der Waals surface area contributed by atoms with Crippen molar-refractivity contribution >= 4 is 43.5 Å². The molecule has 0 aromatic heterocycles. The predicted molar refractivity (Wildman–Crippen MR) is 155 cm³/mol. The van der Waals surface area contributed by atoms with Gasteiger partial charge in [0.15, 0.2) is 0 Å². The largest absolute Gasteiger partial charge is 0.354 e. The van der Waals surface area contributed by atoms with E-state index in [1.807, 2.05) is 61.5 Å². The summed E-state index contributed by atoms with van der Waals surface area (Å²) in [5, 5.41) is 2.94. The van der Waals surface area contributed by atoms with Crippen molar-refractivity contribution in [3.8, 4) is 0 Å². The molecule has 208 valence electrons. The van der Waals surface area contributed by atoms with Gasteiger partial charge in [0, 0.05) is 24.0 Å². The molecular formula is C29H33BrFN3O4S. The number of anilines is 1. The molecule has 3 aromatic rings. The van der Waals surface area contributed by atoms with Crippen LogP contribution in [0.2, 0.25) is 0 Å². The maximum Gasteiger partial charge on any atom is 0.244 e. The molecule has 1 unspecified atom stereocenters. The number of sulfonamides is 1. The minimum Gasteiger partial charge on any atom is -0.354 e. The summed E-state index contributed by atoms with van der Waals surface area (Å²) in [4.78, 5) is 28.9. The Hall–Kier alpha value is -3.24. The second-order valence-electron chi connectivity index (χ2n) is 9.25. The first-order chi connectivity index (χ1) is 18.6. The molecule has 1 N–H and O–H groups in total. The molecule has 1 atom stereocenters. The third kappa shape index (κ3) is 9.18. The van der Waals surface area contributed by atoms with Gasteiger partial charge in [0.1, 0.15) is 18.4 Å². The molecular weight excluding hydrogens is 585 g/mol. The van der Waals surface area contributed by atoms with E-state index in [1.165, 1.54) is 17.0 Å². The van der Waals surface area contributed by atoms with Crippen LogP contribution >= 0.6 is 15.9 Å². The van der Waals surface area contributed by atoms with Crippen LogP contribution in [0.25, 0.3) is 0 Å². The molecule has 10 heteroatoms. The molecule has 0 aliphatic carbocycles. The van der Waals surface area contributed by atoms with Crippen LogP contribution < -0.4 is 9.62 Å².